The first-order valence-corrected chi connectivity index (χ1v) is 9.96. The van der Waals surface area contributed by atoms with Crippen LogP contribution in [-0.2, 0) is 0 Å². The quantitative estimate of drug-likeness (QED) is 0.394. The van der Waals surface area contributed by atoms with E-state index in [1.165, 1.54) is 4.88 Å². The summed E-state index contributed by atoms with van der Waals surface area (Å²) in [6, 6.07) is 10.4. The first-order chi connectivity index (χ1) is 14.3. The average Bonchev–Trinajstić information content (AvgIpc) is 3.51. The summed E-state index contributed by atoms with van der Waals surface area (Å²) in [6.45, 7) is 2.11. The SMILES string of the molecule is Cc1ccc(-c2nccc3[nH]c(-c4n[nH]c5ncc(-c6cn[nH]c6)cc45)cc23)s1. The summed E-state index contributed by atoms with van der Waals surface area (Å²) in [6.07, 6.45) is 7.30. The van der Waals surface area contributed by atoms with E-state index in [0.29, 0.717) is 0 Å². The molecule has 6 aromatic rings. The van der Waals surface area contributed by atoms with Gasteiger partial charge in [0.05, 0.1) is 22.5 Å². The molecule has 6 aromatic heterocycles. The van der Waals surface area contributed by atoms with Gasteiger partial charge in [-0.3, -0.25) is 15.2 Å². The van der Waals surface area contributed by atoms with Gasteiger partial charge in [0.25, 0.3) is 0 Å². The van der Waals surface area contributed by atoms with Crippen molar-refractivity contribution >= 4 is 33.3 Å². The minimum atomic E-state index is 0.748. The predicted octanol–water partition coefficient (Wildman–Crippen LogP) is 4.93. The number of fused-ring (bicyclic) bond motifs is 2. The smallest absolute Gasteiger partial charge is 0.155 e. The zero-order valence-electron chi connectivity index (χ0n) is 15.4. The molecule has 0 aliphatic carbocycles. The van der Waals surface area contributed by atoms with Crippen LogP contribution in [0.25, 0.3) is 55.0 Å². The van der Waals surface area contributed by atoms with Crippen LogP contribution in [0.5, 0.6) is 0 Å². The third kappa shape index (κ3) is 2.57. The summed E-state index contributed by atoms with van der Waals surface area (Å²) in [4.78, 5) is 15.1. The second-order valence-corrected chi connectivity index (χ2v) is 8.18. The van der Waals surface area contributed by atoms with Crippen LogP contribution in [0.15, 0.2) is 55.1 Å². The van der Waals surface area contributed by atoms with Gasteiger partial charge in [-0.1, -0.05) is 0 Å². The number of rotatable bonds is 3. The molecule has 0 unspecified atom stereocenters. The monoisotopic (exact) mass is 397 g/mol. The number of thiophene rings is 1. The number of nitrogens with one attached hydrogen (secondary N) is 3. The second-order valence-electron chi connectivity index (χ2n) is 6.89. The Morgan fingerprint density at radius 1 is 0.931 bits per heavy atom. The van der Waals surface area contributed by atoms with Gasteiger partial charge in [0.15, 0.2) is 5.65 Å². The fourth-order valence-corrected chi connectivity index (χ4v) is 4.49. The molecule has 7 nitrogen and oxygen atoms in total. The highest BCUT2D eigenvalue weighted by Crippen LogP contribution is 2.35. The highest BCUT2D eigenvalue weighted by Gasteiger charge is 2.16. The van der Waals surface area contributed by atoms with Gasteiger partial charge in [0.2, 0.25) is 0 Å². The molecule has 0 radical (unpaired) electrons. The van der Waals surface area contributed by atoms with Crippen molar-refractivity contribution in [3.63, 3.8) is 0 Å². The number of nitrogens with zero attached hydrogens (tertiary/aromatic N) is 4. The van der Waals surface area contributed by atoms with E-state index < -0.39 is 0 Å². The zero-order chi connectivity index (χ0) is 19.4. The maximum atomic E-state index is 4.63. The largest absolute Gasteiger partial charge is 0.353 e. The van der Waals surface area contributed by atoms with E-state index in [2.05, 4.69) is 66.5 Å². The van der Waals surface area contributed by atoms with Crippen molar-refractivity contribution in [2.75, 3.05) is 0 Å². The van der Waals surface area contributed by atoms with Crippen LogP contribution in [0, 0.1) is 6.92 Å². The van der Waals surface area contributed by atoms with Crippen LogP contribution in [0.3, 0.4) is 0 Å². The van der Waals surface area contributed by atoms with Gasteiger partial charge in [-0.2, -0.15) is 10.2 Å². The Kier molecular flexibility index (Phi) is 3.41. The first-order valence-electron chi connectivity index (χ1n) is 9.14. The van der Waals surface area contributed by atoms with Gasteiger partial charge in [-0.25, -0.2) is 4.98 Å². The summed E-state index contributed by atoms with van der Waals surface area (Å²) >= 11 is 1.75. The summed E-state index contributed by atoms with van der Waals surface area (Å²) < 4.78 is 0. The van der Waals surface area contributed by atoms with E-state index >= 15 is 0 Å². The third-order valence-corrected chi connectivity index (χ3v) is 6.03. The highest BCUT2D eigenvalue weighted by molar-refractivity contribution is 7.15. The molecule has 0 aliphatic heterocycles. The van der Waals surface area contributed by atoms with Crippen molar-refractivity contribution in [1.29, 1.82) is 0 Å². The summed E-state index contributed by atoms with van der Waals surface area (Å²) in [5.41, 5.74) is 6.51. The van der Waals surface area contributed by atoms with E-state index in [1.54, 1.807) is 17.5 Å². The predicted molar refractivity (Wildman–Crippen MR) is 115 cm³/mol. The van der Waals surface area contributed by atoms with Crippen LogP contribution in [0.1, 0.15) is 4.88 Å². The Labute approximate surface area is 168 Å². The molecule has 0 aromatic carbocycles. The van der Waals surface area contributed by atoms with Crippen LogP contribution in [0.2, 0.25) is 0 Å². The molecule has 0 saturated heterocycles. The van der Waals surface area contributed by atoms with Gasteiger partial charge in [0, 0.05) is 50.9 Å². The Balaban J connectivity index is 1.53. The molecular weight excluding hydrogens is 382 g/mol. The number of pyridine rings is 2. The average molecular weight is 397 g/mol. The molecule has 8 heteroatoms. The lowest BCUT2D eigenvalue weighted by Crippen LogP contribution is -1.81. The standard InChI is InChI=1S/C21H15N7S/c1-11-2-3-18(29-11)20-14-7-17(26-16(14)4-5-22-20)19-15-6-12(13-9-24-25-10-13)8-23-21(15)28-27-19/h2-10,26H,1H3,(H,24,25)(H,23,27,28). The summed E-state index contributed by atoms with van der Waals surface area (Å²) in [5, 5.41) is 16.5. The lowest BCUT2D eigenvalue weighted by Gasteiger charge is -1.98. The van der Waals surface area contributed by atoms with E-state index in [1.807, 2.05) is 24.7 Å². The molecule has 29 heavy (non-hydrogen) atoms. The van der Waals surface area contributed by atoms with Crippen LogP contribution >= 0.6 is 11.3 Å². The normalized spacial score (nSPS) is 11.6. The third-order valence-electron chi connectivity index (χ3n) is 5.02. The van der Waals surface area contributed by atoms with Crippen molar-refractivity contribution in [3.8, 4) is 33.1 Å². The molecular formula is C21H15N7S. The summed E-state index contributed by atoms with van der Waals surface area (Å²) in [7, 11) is 0. The Morgan fingerprint density at radius 2 is 1.90 bits per heavy atom. The summed E-state index contributed by atoms with van der Waals surface area (Å²) in [5.74, 6) is 0. The number of hydrogen-bond donors (Lipinski definition) is 3. The number of aromatic nitrogens is 7. The second kappa shape index (κ2) is 6.11. The van der Waals surface area contributed by atoms with E-state index in [-0.39, 0.29) is 0 Å². The van der Waals surface area contributed by atoms with Crippen LogP contribution < -0.4 is 0 Å². The van der Waals surface area contributed by atoms with Gasteiger partial charge in [-0.05, 0) is 37.3 Å². The topological polar surface area (TPSA) is 98.9 Å². The molecule has 6 heterocycles. The number of hydrogen-bond acceptors (Lipinski definition) is 5. The molecule has 140 valence electrons. The number of aromatic amines is 3. The molecule has 0 saturated carbocycles. The van der Waals surface area contributed by atoms with Crippen molar-refractivity contribution in [2.24, 2.45) is 0 Å². The van der Waals surface area contributed by atoms with Crippen molar-refractivity contribution in [2.45, 2.75) is 6.92 Å². The van der Waals surface area contributed by atoms with E-state index in [9.17, 15) is 0 Å². The van der Waals surface area contributed by atoms with Gasteiger partial charge >= 0.3 is 0 Å². The number of aryl methyl sites for hydroxylation is 1. The minimum Gasteiger partial charge on any atom is -0.353 e. The molecule has 0 atom stereocenters. The maximum absolute atomic E-state index is 4.63. The van der Waals surface area contributed by atoms with Gasteiger partial charge in [0.1, 0.15) is 5.69 Å². The Morgan fingerprint density at radius 3 is 2.72 bits per heavy atom. The molecule has 0 spiro atoms. The van der Waals surface area contributed by atoms with E-state index in [4.69, 9.17) is 0 Å². The van der Waals surface area contributed by atoms with Gasteiger partial charge < -0.3 is 4.98 Å². The van der Waals surface area contributed by atoms with Crippen molar-refractivity contribution in [1.82, 2.24) is 35.3 Å². The molecule has 0 fully saturated rings. The lowest BCUT2D eigenvalue weighted by molar-refractivity contribution is 1.09. The van der Waals surface area contributed by atoms with Crippen molar-refractivity contribution in [3.05, 3.63) is 60.0 Å². The zero-order valence-corrected chi connectivity index (χ0v) is 16.2. The highest BCUT2D eigenvalue weighted by atomic mass is 32.1. The molecule has 0 bridgehead atoms. The fourth-order valence-electron chi connectivity index (χ4n) is 3.61. The van der Waals surface area contributed by atoms with E-state index in [0.717, 1.165) is 55.0 Å². The maximum Gasteiger partial charge on any atom is 0.155 e. The van der Waals surface area contributed by atoms with Crippen LogP contribution in [0.4, 0.5) is 0 Å². The van der Waals surface area contributed by atoms with Crippen LogP contribution in [-0.4, -0.2) is 35.3 Å². The fraction of sp³-hybridized carbons (Fsp3) is 0.0476. The van der Waals surface area contributed by atoms with Crippen molar-refractivity contribution < 1.29 is 0 Å². The molecule has 6 rings (SSSR count). The lowest BCUT2D eigenvalue weighted by atomic mass is 10.1. The molecule has 0 aliphatic rings. The Hall–Kier alpha value is -3.78. The first kappa shape index (κ1) is 16.2. The molecule has 3 N–H and O–H groups in total. The van der Waals surface area contributed by atoms with Gasteiger partial charge in [-0.15, -0.1) is 11.3 Å². The Bertz CT molecular complexity index is 1470. The minimum absolute atomic E-state index is 0.748. The molecule has 0 amide bonds. The number of H-pyrrole nitrogens is 3.